The fraction of sp³-hybridized carbons (Fsp3) is 0.143. The van der Waals surface area contributed by atoms with Gasteiger partial charge in [0.05, 0.1) is 7.11 Å². The third kappa shape index (κ3) is 1.91. The van der Waals surface area contributed by atoms with Crippen LogP contribution < -0.4 is 0 Å². The Morgan fingerprint density at radius 2 is 2.45 bits per heavy atom. The molecule has 3 nitrogen and oxygen atoms in total. The fourth-order valence-electron chi connectivity index (χ4n) is 0.662. The smallest absolute Gasteiger partial charge is 0.213 e. The average molecular weight is 171 g/mol. The molecule has 11 heavy (non-hydrogen) atoms. The third-order valence-electron chi connectivity index (χ3n) is 1.19. The van der Waals surface area contributed by atoms with E-state index in [9.17, 15) is 0 Å². The molecule has 1 heterocycles. The van der Waals surface area contributed by atoms with Crippen LogP contribution in [-0.2, 0) is 4.74 Å². The topological polar surface area (TPSA) is 46.0 Å². The zero-order valence-electron chi connectivity index (χ0n) is 5.97. The van der Waals surface area contributed by atoms with Crippen LogP contribution >= 0.6 is 11.6 Å². The van der Waals surface area contributed by atoms with Crippen molar-refractivity contribution in [2.45, 2.75) is 0 Å². The minimum atomic E-state index is 0.0919. The van der Waals surface area contributed by atoms with E-state index in [0.717, 1.165) is 0 Å². The SMILES string of the molecule is COC(=N)c1ccnc(Cl)c1. The highest BCUT2D eigenvalue weighted by Crippen LogP contribution is 2.07. The van der Waals surface area contributed by atoms with E-state index in [1.165, 1.54) is 13.3 Å². The van der Waals surface area contributed by atoms with E-state index in [-0.39, 0.29) is 5.90 Å². The van der Waals surface area contributed by atoms with Crippen LogP contribution in [0.5, 0.6) is 0 Å². The van der Waals surface area contributed by atoms with E-state index in [0.29, 0.717) is 10.7 Å². The molecule has 1 aromatic heterocycles. The summed E-state index contributed by atoms with van der Waals surface area (Å²) in [7, 11) is 1.44. The number of nitrogens with one attached hydrogen (secondary N) is 1. The molecule has 0 aliphatic rings. The Kier molecular flexibility index (Phi) is 2.44. The van der Waals surface area contributed by atoms with E-state index < -0.39 is 0 Å². The first-order valence-corrected chi connectivity index (χ1v) is 3.36. The van der Waals surface area contributed by atoms with Crippen molar-refractivity contribution in [3.8, 4) is 0 Å². The molecular weight excluding hydrogens is 164 g/mol. The molecule has 0 aliphatic carbocycles. The van der Waals surface area contributed by atoms with Gasteiger partial charge in [-0.05, 0) is 12.1 Å². The standard InChI is InChI=1S/C7H7ClN2O/c1-11-7(9)5-2-3-10-6(8)4-5/h2-4,9H,1H3. The first-order chi connectivity index (χ1) is 5.24. The minimum absolute atomic E-state index is 0.0919. The predicted octanol–water partition coefficient (Wildman–Crippen LogP) is 1.71. The third-order valence-corrected chi connectivity index (χ3v) is 1.40. The molecule has 1 rings (SSSR count). The Labute approximate surface area is 69.5 Å². The van der Waals surface area contributed by atoms with Gasteiger partial charge >= 0.3 is 0 Å². The summed E-state index contributed by atoms with van der Waals surface area (Å²) in [6.45, 7) is 0. The number of hydrogen-bond acceptors (Lipinski definition) is 3. The molecule has 1 aromatic rings. The number of aromatic nitrogens is 1. The second-order valence-corrected chi connectivity index (χ2v) is 2.29. The van der Waals surface area contributed by atoms with Crippen LogP contribution in [0.3, 0.4) is 0 Å². The highest BCUT2D eigenvalue weighted by Gasteiger charge is 2.00. The first-order valence-electron chi connectivity index (χ1n) is 2.98. The van der Waals surface area contributed by atoms with Gasteiger partial charge in [0.25, 0.3) is 0 Å². The summed E-state index contributed by atoms with van der Waals surface area (Å²) < 4.78 is 4.69. The zero-order chi connectivity index (χ0) is 8.27. The lowest BCUT2D eigenvalue weighted by atomic mass is 10.3. The summed E-state index contributed by atoms with van der Waals surface area (Å²) in [5.74, 6) is 0.0919. The van der Waals surface area contributed by atoms with Crippen LogP contribution in [0.25, 0.3) is 0 Å². The lowest BCUT2D eigenvalue weighted by Gasteiger charge is -2.00. The Hall–Kier alpha value is -1.09. The first kappa shape index (κ1) is 8.01. The molecule has 0 saturated carbocycles. The summed E-state index contributed by atoms with van der Waals surface area (Å²) >= 11 is 5.58. The summed E-state index contributed by atoms with van der Waals surface area (Å²) in [4.78, 5) is 3.77. The number of methoxy groups -OCH3 is 1. The van der Waals surface area contributed by atoms with Crippen LogP contribution in [0.15, 0.2) is 18.3 Å². The van der Waals surface area contributed by atoms with Crippen LogP contribution in [0, 0.1) is 5.41 Å². The van der Waals surface area contributed by atoms with Crippen molar-refractivity contribution >= 4 is 17.5 Å². The van der Waals surface area contributed by atoms with Crippen molar-refractivity contribution in [1.82, 2.24) is 4.98 Å². The van der Waals surface area contributed by atoms with Crippen LogP contribution in [0.1, 0.15) is 5.56 Å². The quantitative estimate of drug-likeness (QED) is 0.396. The van der Waals surface area contributed by atoms with Crippen molar-refractivity contribution < 1.29 is 4.74 Å². The van der Waals surface area contributed by atoms with E-state index in [2.05, 4.69) is 9.72 Å². The van der Waals surface area contributed by atoms with E-state index in [1.807, 2.05) is 0 Å². The van der Waals surface area contributed by atoms with Crippen LogP contribution in [0.4, 0.5) is 0 Å². The highest BCUT2D eigenvalue weighted by molar-refractivity contribution is 6.29. The van der Waals surface area contributed by atoms with Gasteiger partial charge in [-0.15, -0.1) is 0 Å². The Bertz CT molecular complexity index is 275. The monoisotopic (exact) mass is 170 g/mol. The molecular formula is C7H7ClN2O. The van der Waals surface area contributed by atoms with E-state index in [1.54, 1.807) is 12.1 Å². The lowest BCUT2D eigenvalue weighted by molar-refractivity contribution is 0.401. The molecule has 0 fully saturated rings. The molecule has 58 valence electrons. The molecule has 0 bridgehead atoms. The molecule has 0 radical (unpaired) electrons. The number of ether oxygens (including phenoxy) is 1. The molecule has 0 saturated heterocycles. The van der Waals surface area contributed by atoms with Gasteiger partial charge in [-0.2, -0.15) is 0 Å². The summed E-state index contributed by atoms with van der Waals surface area (Å²) in [6, 6.07) is 3.24. The maximum Gasteiger partial charge on any atom is 0.213 e. The van der Waals surface area contributed by atoms with Crippen molar-refractivity contribution in [2.75, 3.05) is 7.11 Å². The van der Waals surface area contributed by atoms with Crippen LogP contribution in [-0.4, -0.2) is 18.0 Å². The fourth-order valence-corrected chi connectivity index (χ4v) is 0.835. The maximum absolute atomic E-state index is 7.27. The van der Waals surface area contributed by atoms with Crippen molar-refractivity contribution in [1.29, 1.82) is 5.41 Å². The molecule has 0 atom stereocenters. The van der Waals surface area contributed by atoms with Gasteiger partial charge in [0.2, 0.25) is 5.90 Å². The number of pyridine rings is 1. The molecule has 0 unspecified atom stereocenters. The van der Waals surface area contributed by atoms with E-state index in [4.69, 9.17) is 17.0 Å². The highest BCUT2D eigenvalue weighted by atomic mass is 35.5. The number of rotatable bonds is 1. The Morgan fingerprint density at radius 3 is 3.00 bits per heavy atom. The van der Waals surface area contributed by atoms with Gasteiger partial charge in [0.1, 0.15) is 5.15 Å². The van der Waals surface area contributed by atoms with Gasteiger partial charge < -0.3 is 4.74 Å². The Balaban J connectivity index is 2.96. The predicted molar refractivity (Wildman–Crippen MR) is 43.1 cm³/mol. The molecule has 0 spiro atoms. The zero-order valence-corrected chi connectivity index (χ0v) is 6.72. The number of halogens is 1. The van der Waals surface area contributed by atoms with Crippen LogP contribution in [0.2, 0.25) is 5.15 Å². The van der Waals surface area contributed by atoms with Crippen molar-refractivity contribution in [3.63, 3.8) is 0 Å². The van der Waals surface area contributed by atoms with Gasteiger partial charge in [-0.1, -0.05) is 11.6 Å². The second-order valence-electron chi connectivity index (χ2n) is 1.90. The molecule has 4 heteroatoms. The maximum atomic E-state index is 7.27. The van der Waals surface area contributed by atoms with Gasteiger partial charge in [-0.3, -0.25) is 5.41 Å². The number of hydrogen-bond donors (Lipinski definition) is 1. The Morgan fingerprint density at radius 1 is 1.73 bits per heavy atom. The lowest BCUT2D eigenvalue weighted by Crippen LogP contribution is -2.00. The molecule has 0 aliphatic heterocycles. The van der Waals surface area contributed by atoms with Crippen molar-refractivity contribution in [2.24, 2.45) is 0 Å². The largest absolute Gasteiger partial charge is 0.481 e. The average Bonchev–Trinajstić information content (AvgIpc) is 2.03. The second kappa shape index (κ2) is 3.34. The van der Waals surface area contributed by atoms with E-state index >= 15 is 0 Å². The molecule has 0 aromatic carbocycles. The van der Waals surface area contributed by atoms with Crippen molar-refractivity contribution in [3.05, 3.63) is 29.0 Å². The molecule has 1 N–H and O–H groups in total. The number of nitrogens with zero attached hydrogens (tertiary/aromatic N) is 1. The van der Waals surface area contributed by atoms with Gasteiger partial charge in [0.15, 0.2) is 0 Å². The molecule has 0 amide bonds. The van der Waals surface area contributed by atoms with Gasteiger partial charge in [0, 0.05) is 11.8 Å². The normalized spacial score (nSPS) is 9.27. The minimum Gasteiger partial charge on any atom is -0.481 e. The summed E-state index contributed by atoms with van der Waals surface area (Å²) in [6.07, 6.45) is 1.53. The summed E-state index contributed by atoms with van der Waals surface area (Å²) in [5.41, 5.74) is 0.632. The van der Waals surface area contributed by atoms with Gasteiger partial charge in [-0.25, -0.2) is 4.98 Å². The summed E-state index contributed by atoms with van der Waals surface area (Å²) in [5, 5.41) is 7.63.